The van der Waals surface area contributed by atoms with Crippen molar-refractivity contribution in [2.24, 2.45) is 11.8 Å². The molecular formula is C39H48N2. The van der Waals surface area contributed by atoms with Crippen LogP contribution in [0.5, 0.6) is 0 Å². The lowest BCUT2D eigenvalue weighted by Crippen LogP contribution is -2.00. The van der Waals surface area contributed by atoms with Crippen LogP contribution in [0.2, 0.25) is 0 Å². The summed E-state index contributed by atoms with van der Waals surface area (Å²) in [7, 11) is 0. The van der Waals surface area contributed by atoms with Gasteiger partial charge in [0.1, 0.15) is 5.82 Å². The first-order chi connectivity index (χ1) is 20.3. The first-order valence-corrected chi connectivity index (χ1v) is 16.2. The van der Waals surface area contributed by atoms with E-state index in [9.17, 15) is 0 Å². The van der Waals surface area contributed by atoms with Crippen LogP contribution in [-0.4, -0.2) is 9.97 Å². The number of aromatic nitrogens is 2. The van der Waals surface area contributed by atoms with Crippen LogP contribution in [0.4, 0.5) is 0 Å². The van der Waals surface area contributed by atoms with Gasteiger partial charge in [0.15, 0.2) is 0 Å². The zero-order chi connectivity index (χ0) is 28.1. The van der Waals surface area contributed by atoms with E-state index in [0.717, 1.165) is 40.2 Å². The Balaban J connectivity index is 1.36. The second-order valence-electron chi connectivity index (χ2n) is 12.2. The first kappa shape index (κ1) is 29.1. The number of nitrogens with zero attached hydrogens (tertiary/aromatic N) is 1. The maximum absolute atomic E-state index is 4.95. The molecule has 1 heterocycles. The van der Waals surface area contributed by atoms with Crippen LogP contribution in [0, 0.1) is 18.8 Å². The number of nitrogens with one attached hydrogen (secondary N) is 1. The Morgan fingerprint density at radius 3 is 1.71 bits per heavy atom. The number of aromatic amines is 1. The van der Waals surface area contributed by atoms with E-state index in [1.54, 1.807) is 0 Å². The summed E-state index contributed by atoms with van der Waals surface area (Å²) in [5, 5.41) is 0. The minimum atomic E-state index is 0.661. The Morgan fingerprint density at radius 2 is 1.05 bits per heavy atom. The van der Waals surface area contributed by atoms with E-state index < -0.39 is 0 Å². The van der Waals surface area contributed by atoms with Crippen molar-refractivity contribution >= 4 is 0 Å². The molecule has 2 nitrogen and oxygen atoms in total. The number of H-pyrrole nitrogens is 1. The van der Waals surface area contributed by atoms with Crippen LogP contribution in [0.1, 0.15) is 94.2 Å². The highest BCUT2D eigenvalue weighted by Gasteiger charge is 2.35. The maximum atomic E-state index is 4.95. The summed E-state index contributed by atoms with van der Waals surface area (Å²) in [6, 6.07) is 36.6. The molecule has 41 heavy (non-hydrogen) atoms. The maximum Gasteiger partial charge on any atom is 0.138 e. The Kier molecular flexibility index (Phi) is 11.1. The van der Waals surface area contributed by atoms with E-state index >= 15 is 0 Å². The highest BCUT2D eigenvalue weighted by Crippen LogP contribution is 2.47. The zero-order valence-corrected chi connectivity index (χ0v) is 25.0. The molecule has 0 aliphatic heterocycles. The fourth-order valence-electron chi connectivity index (χ4n) is 6.52. The molecule has 2 aliphatic carbocycles. The lowest BCUT2D eigenvalue weighted by molar-refractivity contribution is 0.461. The summed E-state index contributed by atoms with van der Waals surface area (Å²) < 4.78 is 0. The van der Waals surface area contributed by atoms with Gasteiger partial charge in [-0.2, -0.15) is 0 Å². The topological polar surface area (TPSA) is 28.7 Å². The normalized spacial score (nSPS) is 21.3. The summed E-state index contributed by atoms with van der Waals surface area (Å²) in [6.07, 6.45) is 17.0. The van der Waals surface area contributed by atoms with E-state index in [1.807, 2.05) is 6.07 Å². The molecule has 3 atom stereocenters. The molecule has 0 saturated heterocycles. The number of benzene rings is 1. The van der Waals surface area contributed by atoms with E-state index in [0.29, 0.717) is 5.92 Å². The molecule has 214 valence electrons. The number of aryl methyl sites for hydroxylation is 1. The zero-order valence-electron chi connectivity index (χ0n) is 25.0. The molecule has 5 rings (SSSR count). The van der Waals surface area contributed by atoms with Crippen LogP contribution in [0.15, 0.2) is 103 Å². The molecule has 1 aromatic heterocycles. The number of rotatable bonds is 3. The molecule has 3 aromatic rings. The second kappa shape index (κ2) is 15.6. The number of hydrogen-bond donors (Lipinski definition) is 1. The van der Waals surface area contributed by atoms with Crippen molar-refractivity contribution in [1.29, 1.82) is 0 Å². The number of imidazole rings is 1. The van der Waals surface area contributed by atoms with Crippen LogP contribution in [0.3, 0.4) is 0 Å². The van der Waals surface area contributed by atoms with Gasteiger partial charge in [-0.15, -0.1) is 0 Å². The minimum absolute atomic E-state index is 0.661. The summed E-state index contributed by atoms with van der Waals surface area (Å²) in [5.74, 6) is 3.57. The van der Waals surface area contributed by atoms with Crippen LogP contribution < -0.4 is 0 Å². The molecule has 2 fully saturated rings. The van der Waals surface area contributed by atoms with E-state index in [4.69, 9.17) is 4.98 Å². The van der Waals surface area contributed by atoms with Crippen LogP contribution in [0.25, 0.3) is 22.6 Å². The number of hydrogen-bond acceptors (Lipinski definition) is 1. The van der Waals surface area contributed by atoms with Gasteiger partial charge in [-0.25, -0.2) is 4.98 Å². The summed E-state index contributed by atoms with van der Waals surface area (Å²) in [4.78, 5) is 8.45. The summed E-state index contributed by atoms with van der Waals surface area (Å²) in [6.45, 7) is 2.09. The Morgan fingerprint density at radius 1 is 0.537 bits per heavy atom. The quantitative estimate of drug-likeness (QED) is 0.349. The lowest BCUT2D eigenvalue weighted by atomic mass is 9.88. The van der Waals surface area contributed by atoms with Crippen molar-refractivity contribution in [3.63, 3.8) is 0 Å². The van der Waals surface area contributed by atoms with Crippen molar-refractivity contribution in [3.05, 3.63) is 114 Å². The third-order valence-electron chi connectivity index (χ3n) is 9.05. The van der Waals surface area contributed by atoms with E-state index in [1.165, 1.54) is 82.6 Å². The molecule has 2 aliphatic rings. The molecule has 0 bridgehead atoms. The molecule has 0 amide bonds. The van der Waals surface area contributed by atoms with Gasteiger partial charge >= 0.3 is 0 Å². The van der Waals surface area contributed by atoms with Gasteiger partial charge in [-0.3, -0.25) is 0 Å². The molecule has 2 heteroatoms. The minimum Gasteiger partial charge on any atom is -0.342 e. The van der Waals surface area contributed by atoms with Crippen molar-refractivity contribution < 1.29 is 0 Å². The van der Waals surface area contributed by atoms with E-state index in [2.05, 4.69) is 109 Å². The fraction of sp³-hybridized carbons (Fsp3) is 0.410. The Bertz CT molecular complexity index is 1300. The monoisotopic (exact) mass is 544 g/mol. The van der Waals surface area contributed by atoms with Crippen LogP contribution >= 0.6 is 0 Å². The predicted octanol–water partition coefficient (Wildman–Crippen LogP) is 11.3. The van der Waals surface area contributed by atoms with Gasteiger partial charge < -0.3 is 4.98 Å². The van der Waals surface area contributed by atoms with E-state index in [-0.39, 0.29) is 0 Å². The fourth-order valence-corrected chi connectivity index (χ4v) is 6.52. The standard InChI is InChI=1S/C39H48N2/c1-31-38(34-23-18-11-19-24-34)41-39(40-31)35-25-15-9-7-13-20-32(21-14-8-10-16-26-35)33-22-12-5-3-2-4-6-17-27-36-30-37(36)29-28-33/h7-11,13-16,18-21,23-26,33,36-37H,2-6,12,17,22,27-30H2,1H3,(H,40,41). The van der Waals surface area contributed by atoms with Crippen molar-refractivity contribution in [2.75, 3.05) is 0 Å². The van der Waals surface area contributed by atoms with Gasteiger partial charge in [0, 0.05) is 16.8 Å². The first-order valence-electron chi connectivity index (χ1n) is 16.2. The van der Waals surface area contributed by atoms with Crippen LogP contribution in [-0.2, 0) is 0 Å². The molecule has 3 unspecified atom stereocenters. The lowest BCUT2D eigenvalue weighted by Gasteiger charge is -2.17. The number of fused-ring (bicyclic) bond motifs is 1. The predicted molar refractivity (Wildman–Crippen MR) is 175 cm³/mol. The Labute approximate surface area is 248 Å². The molecule has 1 N–H and O–H groups in total. The molecule has 2 aromatic carbocycles. The highest BCUT2D eigenvalue weighted by molar-refractivity contribution is 5.66. The molecule has 0 radical (unpaired) electrons. The molecule has 2 saturated carbocycles. The van der Waals surface area contributed by atoms with Gasteiger partial charge in [-0.05, 0) is 55.9 Å². The molecular weight excluding hydrogens is 496 g/mol. The second-order valence-corrected chi connectivity index (χ2v) is 12.2. The van der Waals surface area contributed by atoms with Crippen molar-refractivity contribution in [3.8, 4) is 22.6 Å². The SMILES string of the molecule is Cc1[nH]c(-c2ccccccc(C3CCCCCCCCCC4CC4CC3)cccccc2)nc1-c1ccccc1. The van der Waals surface area contributed by atoms with Gasteiger partial charge in [0.25, 0.3) is 0 Å². The smallest absolute Gasteiger partial charge is 0.138 e. The average molecular weight is 545 g/mol. The summed E-state index contributed by atoms with van der Waals surface area (Å²) >= 11 is 0. The third kappa shape index (κ3) is 9.05. The largest absolute Gasteiger partial charge is 0.342 e. The Hall–Kier alpha value is -3.39. The average Bonchev–Trinajstić information content (AvgIpc) is 3.63. The van der Waals surface area contributed by atoms with Crippen molar-refractivity contribution in [1.82, 2.24) is 9.97 Å². The third-order valence-corrected chi connectivity index (χ3v) is 9.05. The van der Waals surface area contributed by atoms with Gasteiger partial charge in [0.05, 0.1) is 5.69 Å². The van der Waals surface area contributed by atoms with Gasteiger partial charge in [0.2, 0.25) is 0 Å². The molecule has 0 spiro atoms. The highest BCUT2D eigenvalue weighted by atomic mass is 14.9. The van der Waals surface area contributed by atoms with Gasteiger partial charge in [-0.1, -0.05) is 154 Å². The van der Waals surface area contributed by atoms with Crippen molar-refractivity contribution in [2.45, 2.75) is 89.9 Å². The summed E-state index contributed by atoms with van der Waals surface area (Å²) in [5.41, 5.74) is 5.76.